The van der Waals surface area contributed by atoms with E-state index in [1.54, 1.807) is 15.9 Å². The molecule has 0 spiro atoms. The average Bonchev–Trinajstić information content (AvgIpc) is 3.28. The van der Waals surface area contributed by atoms with Gasteiger partial charge in [-0.05, 0) is 36.5 Å². The summed E-state index contributed by atoms with van der Waals surface area (Å²) in [6, 6.07) is 3.87. The van der Waals surface area contributed by atoms with E-state index < -0.39 is 0 Å². The van der Waals surface area contributed by atoms with Crippen LogP contribution in [-0.4, -0.2) is 51.1 Å². The van der Waals surface area contributed by atoms with Crippen molar-refractivity contribution in [1.82, 2.24) is 25.0 Å². The minimum atomic E-state index is -0.113. The van der Waals surface area contributed by atoms with Gasteiger partial charge < -0.3 is 10.2 Å². The van der Waals surface area contributed by atoms with Crippen LogP contribution >= 0.6 is 23.6 Å². The first-order valence-corrected chi connectivity index (χ1v) is 9.17. The van der Waals surface area contributed by atoms with Crippen LogP contribution in [0.25, 0.3) is 10.7 Å². The van der Waals surface area contributed by atoms with E-state index in [1.165, 1.54) is 0 Å². The van der Waals surface area contributed by atoms with Crippen molar-refractivity contribution >= 4 is 35.4 Å². The number of hydrogen-bond donors (Lipinski definition) is 2. The Labute approximate surface area is 148 Å². The lowest BCUT2D eigenvalue weighted by atomic mass is 10.3. The molecule has 2 aromatic rings. The van der Waals surface area contributed by atoms with E-state index >= 15 is 0 Å². The van der Waals surface area contributed by atoms with Gasteiger partial charge in [0.1, 0.15) is 6.54 Å². The second-order valence-corrected chi connectivity index (χ2v) is 6.94. The van der Waals surface area contributed by atoms with E-state index in [2.05, 4.69) is 15.5 Å². The van der Waals surface area contributed by atoms with Gasteiger partial charge in [0, 0.05) is 26.1 Å². The third-order valence-corrected chi connectivity index (χ3v) is 5.08. The molecule has 2 N–H and O–H groups in total. The standard InChI is InChI=1S/C15H19N5O2S2/c21-12(16-6-3-8-19-7-1-5-13(19)22)10-20-14(17-18-15(20)23)11-4-2-9-24-11/h2,4,9H,1,3,5-8,10H2,(H,16,21)(H,18,23). The van der Waals surface area contributed by atoms with Crippen LogP contribution in [0.15, 0.2) is 17.5 Å². The van der Waals surface area contributed by atoms with E-state index in [0.717, 1.165) is 24.3 Å². The summed E-state index contributed by atoms with van der Waals surface area (Å²) in [5.74, 6) is 0.775. The normalized spacial score (nSPS) is 14.3. The number of rotatable bonds is 7. The maximum absolute atomic E-state index is 12.1. The number of thiophene rings is 1. The van der Waals surface area contributed by atoms with Gasteiger partial charge in [-0.2, -0.15) is 5.10 Å². The fraction of sp³-hybridized carbons (Fsp3) is 0.467. The molecule has 1 fully saturated rings. The number of carbonyl (C=O) groups excluding carboxylic acids is 2. The van der Waals surface area contributed by atoms with E-state index in [1.807, 2.05) is 22.4 Å². The Balaban J connectivity index is 1.50. The fourth-order valence-electron chi connectivity index (χ4n) is 2.70. The highest BCUT2D eigenvalue weighted by Crippen LogP contribution is 2.22. The zero-order valence-corrected chi connectivity index (χ0v) is 14.8. The molecule has 1 aliphatic heterocycles. The molecule has 2 aromatic heterocycles. The number of likely N-dealkylation sites (tertiary alicyclic amines) is 1. The number of aromatic amines is 1. The first-order chi connectivity index (χ1) is 11.6. The molecule has 0 aliphatic carbocycles. The number of carbonyl (C=O) groups is 2. The first-order valence-electron chi connectivity index (χ1n) is 7.88. The van der Waals surface area contributed by atoms with Gasteiger partial charge in [0.05, 0.1) is 4.88 Å². The van der Waals surface area contributed by atoms with Crippen LogP contribution in [0.5, 0.6) is 0 Å². The summed E-state index contributed by atoms with van der Waals surface area (Å²) in [5, 5.41) is 11.8. The molecule has 3 rings (SSSR count). The predicted octanol–water partition coefficient (Wildman–Crippen LogP) is 1.80. The highest BCUT2D eigenvalue weighted by atomic mass is 32.1. The quantitative estimate of drug-likeness (QED) is 0.579. The lowest BCUT2D eigenvalue weighted by Gasteiger charge is -2.15. The molecule has 0 radical (unpaired) electrons. The van der Waals surface area contributed by atoms with Gasteiger partial charge in [-0.3, -0.25) is 19.3 Å². The summed E-state index contributed by atoms with van der Waals surface area (Å²) in [7, 11) is 0. The van der Waals surface area contributed by atoms with Gasteiger partial charge in [0.15, 0.2) is 10.6 Å². The highest BCUT2D eigenvalue weighted by Gasteiger charge is 2.19. The monoisotopic (exact) mass is 365 g/mol. The van der Waals surface area contributed by atoms with Crippen LogP contribution in [0.4, 0.5) is 0 Å². The van der Waals surface area contributed by atoms with Crippen molar-refractivity contribution in [2.24, 2.45) is 0 Å². The number of aromatic nitrogens is 3. The largest absolute Gasteiger partial charge is 0.354 e. The molecule has 7 nitrogen and oxygen atoms in total. The summed E-state index contributed by atoms with van der Waals surface area (Å²) >= 11 is 6.76. The van der Waals surface area contributed by atoms with Crippen molar-refractivity contribution < 1.29 is 9.59 Å². The lowest BCUT2D eigenvalue weighted by molar-refractivity contribution is -0.127. The average molecular weight is 365 g/mol. The van der Waals surface area contributed by atoms with Crippen LogP contribution in [0.3, 0.4) is 0 Å². The third kappa shape index (κ3) is 3.90. The van der Waals surface area contributed by atoms with E-state index in [0.29, 0.717) is 30.1 Å². The molecule has 1 saturated heterocycles. The summed E-state index contributed by atoms with van der Waals surface area (Å²) in [6.45, 7) is 2.21. The molecule has 0 bridgehead atoms. The van der Waals surface area contributed by atoms with E-state index in [4.69, 9.17) is 12.2 Å². The zero-order chi connectivity index (χ0) is 16.9. The van der Waals surface area contributed by atoms with Crippen molar-refractivity contribution in [3.63, 3.8) is 0 Å². The number of nitrogens with one attached hydrogen (secondary N) is 2. The topological polar surface area (TPSA) is 83.0 Å². The Bertz CT molecular complexity index is 765. The van der Waals surface area contributed by atoms with Crippen LogP contribution in [-0.2, 0) is 16.1 Å². The van der Waals surface area contributed by atoms with Gasteiger partial charge in [-0.25, -0.2) is 0 Å². The van der Waals surface area contributed by atoms with Crippen LogP contribution in [0.2, 0.25) is 0 Å². The molecule has 3 heterocycles. The molecule has 0 aromatic carbocycles. The van der Waals surface area contributed by atoms with Gasteiger partial charge >= 0.3 is 0 Å². The maximum atomic E-state index is 12.1. The SMILES string of the molecule is O=C(Cn1c(-c2cccs2)n[nH]c1=S)NCCCN1CCCC1=O. The molecular formula is C15H19N5O2S2. The molecule has 128 valence electrons. The molecule has 0 unspecified atom stereocenters. The Kier molecular flexibility index (Phi) is 5.41. The summed E-state index contributed by atoms with van der Waals surface area (Å²) < 4.78 is 2.12. The Hall–Kier alpha value is -2.00. The smallest absolute Gasteiger partial charge is 0.240 e. The molecule has 0 atom stereocenters. The maximum Gasteiger partial charge on any atom is 0.240 e. The van der Waals surface area contributed by atoms with Crippen LogP contribution < -0.4 is 5.32 Å². The van der Waals surface area contributed by atoms with Crippen LogP contribution in [0.1, 0.15) is 19.3 Å². The molecular weight excluding hydrogens is 346 g/mol. The van der Waals surface area contributed by atoms with Crippen molar-refractivity contribution in [3.05, 3.63) is 22.3 Å². The van der Waals surface area contributed by atoms with Gasteiger partial charge in [-0.15, -0.1) is 11.3 Å². The summed E-state index contributed by atoms with van der Waals surface area (Å²) in [4.78, 5) is 26.5. The van der Waals surface area contributed by atoms with Gasteiger partial charge in [0.2, 0.25) is 11.8 Å². The van der Waals surface area contributed by atoms with Gasteiger partial charge in [0.25, 0.3) is 0 Å². The molecule has 24 heavy (non-hydrogen) atoms. The lowest BCUT2D eigenvalue weighted by Crippen LogP contribution is -2.32. The summed E-state index contributed by atoms with van der Waals surface area (Å²) in [5.41, 5.74) is 0. The first kappa shape index (κ1) is 16.8. The Morgan fingerprint density at radius 3 is 3.08 bits per heavy atom. The second-order valence-electron chi connectivity index (χ2n) is 5.60. The fourth-order valence-corrected chi connectivity index (χ4v) is 3.61. The van der Waals surface area contributed by atoms with Crippen LogP contribution in [0, 0.1) is 4.77 Å². The molecule has 1 aliphatic rings. The Morgan fingerprint density at radius 2 is 2.38 bits per heavy atom. The van der Waals surface area contributed by atoms with Crippen molar-refractivity contribution in [1.29, 1.82) is 0 Å². The van der Waals surface area contributed by atoms with E-state index in [-0.39, 0.29) is 18.4 Å². The summed E-state index contributed by atoms with van der Waals surface area (Å²) in [6.07, 6.45) is 2.35. The molecule has 9 heteroatoms. The van der Waals surface area contributed by atoms with Crippen molar-refractivity contribution in [2.75, 3.05) is 19.6 Å². The minimum absolute atomic E-state index is 0.113. The van der Waals surface area contributed by atoms with Gasteiger partial charge in [-0.1, -0.05) is 6.07 Å². The third-order valence-electron chi connectivity index (χ3n) is 3.90. The number of hydrogen-bond acceptors (Lipinski definition) is 5. The number of H-pyrrole nitrogens is 1. The minimum Gasteiger partial charge on any atom is -0.354 e. The van der Waals surface area contributed by atoms with Crippen molar-refractivity contribution in [2.45, 2.75) is 25.8 Å². The highest BCUT2D eigenvalue weighted by molar-refractivity contribution is 7.71. The number of amides is 2. The Morgan fingerprint density at radius 1 is 1.50 bits per heavy atom. The van der Waals surface area contributed by atoms with Crippen molar-refractivity contribution in [3.8, 4) is 10.7 Å². The number of nitrogens with zero attached hydrogens (tertiary/aromatic N) is 3. The second kappa shape index (κ2) is 7.71. The zero-order valence-electron chi connectivity index (χ0n) is 13.2. The predicted molar refractivity (Wildman–Crippen MR) is 94.2 cm³/mol. The van der Waals surface area contributed by atoms with E-state index in [9.17, 15) is 9.59 Å². The molecule has 0 saturated carbocycles. The molecule has 2 amide bonds.